The summed E-state index contributed by atoms with van der Waals surface area (Å²) >= 11 is 0. The van der Waals surface area contributed by atoms with Crippen molar-refractivity contribution in [1.29, 1.82) is 0 Å². The Balaban J connectivity index is 1.78. The van der Waals surface area contributed by atoms with Crippen LogP contribution in [0.15, 0.2) is 42.6 Å². The van der Waals surface area contributed by atoms with Crippen molar-refractivity contribution in [3.63, 3.8) is 0 Å². The maximum absolute atomic E-state index is 13.7. The summed E-state index contributed by atoms with van der Waals surface area (Å²) in [6.45, 7) is 4.78. The van der Waals surface area contributed by atoms with E-state index in [1.807, 2.05) is 13.0 Å². The first-order valence-corrected chi connectivity index (χ1v) is 10.3. The van der Waals surface area contributed by atoms with Gasteiger partial charge in [-0.15, -0.1) is 0 Å². The molecule has 0 bridgehead atoms. The van der Waals surface area contributed by atoms with Gasteiger partial charge in [0.15, 0.2) is 0 Å². The minimum Gasteiger partial charge on any atom is -0.378 e. The van der Waals surface area contributed by atoms with E-state index in [0.29, 0.717) is 30.0 Å². The molecule has 162 valence electrons. The van der Waals surface area contributed by atoms with Crippen LogP contribution in [0, 0.1) is 5.82 Å². The van der Waals surface area contributed by atoms with E-state index < -0.39 is 0 Å². The molecule has 1 aliphatic heterocycles. The predicted octanol–water partition coefficient (Wildman–Crippen LogP) is 3.48. The van der Waals surface area contributed by atoms with Crippen LogP contribution in [0.1, 0.15) is 28.9 Å². The van der Waals surface area contributed by atoms with Crippen molar-refractivity contribution in [1.82, 2.24) is 14.9 Å². The second-order valence-electron chi connectivity index (χ2n) is 7.84. The largest absolute Gasteiger partial charge is 0.378 e. The Morgan fingerprint density at radius 3 is 2.71 bits per heavy atom. The quantitative estimate of drug-likeness (QED) is 0.678. The molecule has 1 saturated heterocycles. The van der Waals surface area contributed by atoms with Crippen LogP contribution in [-0.2, 0) is 4.74 Å². The number of ether oxygens (including phenoxy) is 1. The van der Waals surface area contributed by atoms with E-state index in [-0.39, 0.29) is 17.8 Å². The van der Waals surface area contributed by atoms with Crippen LogP contribution in [0.25, 0.3) is 11.0 Å². The topological polar surface area (TPSA) is 70.6 Å². The first kappa shape index (κ1) is 21.0. The van der Waals surface area contributed by atoms with Crippen molar-refractivity contribution in [2.24, 2.45) is 0 Å². The summed E-state index contributed by atoms with van der Waals surface area (Å²) in [6.07, 6.45) is 1.74. The van der Waals surface area contributed by atoms with E-state index in [1.165, 1.54) is 17.0 Å². The van der Waals surface area contributed by atoms with Gasteiger partial charge in [0, 0.05) is 44.0 Å². The number of aromatic nitrogens is 2. The number of hydrogen-bond acceptors (Lipinski definition) is 6. The molecule has 2 aromatic carbocycles. The molecule has 3 aromatic rings. The summed E-state index contributed by atoms with van der Waals surface area (Å²) < 4.78 is 19.1. The molecule has 0 radical (unpaired) electrons. The minimum absolute atomic E-state index is 0.111. The number of morpholine rings is 1. The summed E-state index contributed by atoms with van der Waals surface area (Å²) in [4.78, 5) is 25.9. The van der Waals surface area contributed by atoms with Gasteiger partial charge in [0.25, 0.3) is 5.91 Å². The molecule has 1 aliphatic rings. The second-order valence-corrected chi connectivity index (χ2v) is 7.84. The fourth-order valence-corrected chi connectivity index (χ4v) is 3.69. The Bertz CT molecular complexity index is 1100. The molecule has 31 heavy (non-hydrogen) atoms. The highest BCUT2D eigenvalue weighted by Crippen LogP contribution is 2.29. The third-order valence-corrected chi connectivity index (χ3v) is 5.33. The molecule has 1 N–H and O–H groups in total. The van der Waals surface area contributed by atoms with Crippen LogP contribution in [0.2, 0.25) is 0 Å². The van der Waals surface area contributed by atoms with Gasteiger partial charge in [0.2, 0.25) is 0 Å². The highest BCUT2D eigenvalue weighted by Gasteiger charge is 2.20. The van der Waals surface area contributed by atoms with Crippen molar-refractivity contribution in [2.75, 3.05) is 50.6 Å². The molecule has 1 atom stereocenters. The number of fused-ring (bicyclic) bond motifs is 1. The van der Waals surface area contributed by atoms with Gasteiger partial charge in [0.1, 0.15) is 11.6 Å². The number of amides is 1. The van der Waals surface area contributed by atoms with Crippen molar-refractivity contribution in [3.8, 4) is 0 Å². The predicted molar refractivity (Wildman–Crippen MR) is 119 cm³/mol. The van der Waals surface area contributed by atoms with Gasteiger partial charge in [-0.05, 0) is 37.3 Å². The van der Waals surface area contributed by atoms with E-state index in [1.54, 1.807) is 38.5 Å². The number of rotatable bonds is 5. The van der Waals surface area contributed by atoms with Gasteiger partial charge in [-0.2, -0.15) is 0 Å². The maximum Gasteiger partial charge on any atom is 0.253 e. The lowest BCUT2D eigenvalue weighted by atomic mass is 10.0. The SMILES string of the molecule is CC(Nc1cccc(F)c1)c1cc(C(=O)N(C)C)cc2ncc(N3CCOCC3)nc12. The second kappa shape index (κ2) is 8.85. The molecule has 7 nitrogen and oxygen atoms in total. The normalized spacial score (nSPS) is 15.0. The van der Waals surface area contributed by atoms with E-state index in [0.717, 1.165) is 30.0 Å². The number of benzene rings is 2. The molecule has 1 unspecified atom stereocenters. The van der Waals surface area contributed by atoms with Gasteiger partial charge >= 0.3 is 0 Å². The zero-order valence-electron chi connectivity index (χ0n) is 17.9. The Hall–Kier alpha value is -3.26. The number of hydrogen-bond donors (Lipinski definition) is 1. The van der Waals surface area contributed by atoms with Crippen molar-refractivity contribution in [3.05, 3.63) is 59.5 Å². The molecule has 4 rings (SSSR count). The summed E-state index contributed by atoms with van der Waals surface area (Å²) in [5, 5.41) is 3.32. The molecule has 1 amide bonds. The Kier molecular flexibility index (Phi) is 5.99. The average Bonchev–Trinajstić information content (AvgIpc) is 2.78. The minimum atomic E-state index is -0.312. The monoisotopic (exact) mass is 423 g/mol. The lowest BCUT2D eigenvalue weighted by Crippen LogP contribution is -2.36. The molecule has 0 aliphatic carbocycles. The summed E-state index contributed by atoms with van der Waals surface area (Å²) in [6, 6.07) is 9.70. The third kappa shape index (κ3) is 4.59. The number of halogens is 1. The van der Waals surface area contributed by atoms with Crippen molar-refractivity contribution < 1.29 is 13.9 Å². The van der Waals surface area contributed by atoms with Crippen LogP contribution in [0.4, 0.5) is 15.9 Å². The lowest BCUT2D eigenvalue weighted by Gasteiger charge is -2.28. The third-order valence-electron chi connectivity index (χ3n) is 5.33. The Labute approximate surface area is 180 Å². The van der Waals surface area contributed by atoms with Gasteiger partial charge < -0.3 is 19.9 Å². The molecule has 1 aromatic heterocycles. The fourth-order valence-electron chi connectivity index (χ4n) is 3.69. The van der Waals surface area contributed by atoms with E-state index in [4.69, 9.17) is 9.72 Å². The van der Waals surface area contributed by atoms with Crippen molar-refractivity contribution in [2.45, 2.75) is 13.0 Å². The van der Waals surface area contributed by atoms with Gasteiger partial charge in [-0.1, -0.05) is 6.07 Å². The number of nitrogens with one attached hydrogen (secondary N) is 1. The first-order valence-electron chi connectivity index (χ1n) is 10.3. The van der Waals surface area contributed by atoms with Gasteiger partial charge in [-0.3, -0.25) is 9.78 Å². The molecule has 0 spiro atoms. The molecule has 1 fully saturated rings. The highest BCUT2D eigenvalue weighted by atomic mass is 19.1. The number of anilines is 2. The van der Waals surface area contributed by atoms with E-state index in [2.05, 4.69) is 15.2 Å². The molecular weight excluding hydrogens is 397 g/mol. The zero-order chi connectivity index (χ0) is 22.0. The molecule has 8 heteroatoms. The molecule has 0 saturated carbocycles. The molecule has 2 heterocycles. The van der Waals surface area contributed by atoms with Gasteiger partial charge in [-0.25, -0.2) is 9.37 Å². The van der Waals surface area contributed by atoms with Crippen LogP contribution in [-0.4, -0.2) is 61.2 Å². The van der Waals surface area contributed by atoms with Crippen molar-refractivity contribution >= 4 is 28.4 Å². The highest BCUT2D eigenvalue weighted by molar-refractivity contribution is 5.98. The summed E-state index contributed by atoms with van der Waals surface area (Å²) in [7, 11) is 3.43. The summed E-state index contributed by atoms with van der Waals surface area (Å²) in [5.41, 5.74) is 3.38. The standard InChI is InChI=1S/C23H26FN5O2/c1-15(26-18-6-4-5-17(24)13-18)19-11-16(23(30)28(2)3)12-20-22(19)27-21(14-25-20)29-7-9-31-10-8-29/h4-6,11-15,26H,7-10H2,1-3H3. The smallest absolute Gasteiger partial charge is 0.253 e. The fraction of sp³-hybridized carbons (Fsp3) is 0.348. The van der Waals surface area contributed by atoms with Gasteiger partial charge in [0.05, 0.1) is 36.5 Å². The Morgan fingerprint density at radius 2 is 2.00 bits per heavy atom. The van der Waals surface area contributed by atoms with E-state index in [9.17, 15) is 9.18 Å². The van der Waals surface area contributed by atoms with Crippen LogP contribution in [0.5, 0.6) is 0 Å². The Morgan fingerprint density at radius 1 is 1.23 bits per heavy atom. The van der Waals surface area contributed by atoms with Crippen LogP contribution >= 0.6 is 0 Å². The first-order chi connectivity index (χ1) is 14.9. The number of nitrogens with zero attached hydrogens (tertiary/aromatic N) is 4. The number of carbonyl (C=O) groups excluding carboxylic acids is 1. The average molecular weight is 423 g/mol. The zero-order valence-corrected chi connectivity index (χ0v) is 17.9. The maximum atomic E-state index is 13.7. The number of carbonyl (C=O) groups is 1. The molecular formula is C23H26FN5O2. The summed E-state index contributed by atoms with van der Waals surface area (Å²) in [5.74, 6) is 0.356. The van der Waals surface area contributed by atoms with E-state index >= 15 is 0 Å². The van der Waals surface area contributed by atoms with Crippen LogP contribution in [0.3, 0.4) is 0 Å². The lowest BCUT2D eigenvalue weighted by molar-refractivity contribution is 0.0827. The van der Waals surface area contributed by atoms with Crippen LogP contribution < -0.4 is 10.2 Å².